The Hall–Kier alpha value is 0.0134. The van der Waals surface area contributed by atoms with Crippen molar-refractivity contribution < 1.29 is 30.2 Å². The van der Waals surface area contributed by atoms with Gasteiger partial charge in [0.05, 0.1) is 6.61 Å². The van der Waals surface area contributed by atoms with E-state index in [-0.39, 0.29) is 5.82 Å². The molecule has 0 atom stereocenters. The van der Waals surface area contributed by atoms with Crippen LogP contribution in [0.3, 0.4) is 0 Å². The van der Waals surface area contributed by atoms with Crippen LogP contribution in [0, 0.1) is 11.9 Å². The quantitative estimate of drug-likeness (QED) is 0.470. The zero-order valence-corrected chi connectivity index (χ0v) is 13.2. The van der Waals surface area contributed by atoms with E-state index < -0.39 is 0 Å². The van der Waals surface area contributed by atoms with E-state index in [0.29, 0.717) is 25.6 Å². The Labute approximate surface area is 106 Å². The van der Waals surface area contributed by atoms with Crippen LogP contribution in [0.25, 0.3) is 0 Å². The van der Waals surface area contributed by atoms with Crippen molar-refractivity contribution in [3.63, 3.8) is 0 Å². The molecule has 0 N–H and O–H groups in total. The van der Waals surface area contributed by atoms with E-state index in [1.165, 1.54) is 34.5 Å². The number of benzene rings is 1. The Morgan fingerprint density at radius 3 is 2.80 bits per heavy atom. The molecule has 0 bridgehead atoms. The van der Waals surface area contributed by atoms with Crippen LogP contribution in [0.1, 0.15) is 6.92 Å². The summed E-state index contributed by atoms with van der Waals surface area (Å²) >= 11 is 4.25. The number of ether oxygens (including phenoxy) is 2. The summed E-state index contributed by atoms with van der Waals surface area (Å²) < 4.78 is 22.8. The summed E-state index contributed by atoms with van der Waals surface area (Å²) in [5, 5.41) is 0. The molecule has 2 nitrogen and oxygen atoms in total. The zero-order valence-electron chi connectivity index (χ0n) is 8.63. The molecule has 0 amide bonds. The SMILES string of the molecule is CCOCCOc1[c-]ccc(F)c1.[Zn+][Br]. The van der Waals surface area contributed by atoms with Gasteiger partial charge in [-0.2, -0.15) is 6.07 Å². The van der Waals surface area contributed by atoms with Crippen LogP contribution in [0.15, 0.2) is 18.2 Å². The molecule has 0 saturated heterocycles. The second kappa shape index (κ2) is 10.5. The minimum absolute atomic E-state index is 0.315. The van der Waals surface area contributed by atoms with Crippen molar-refractivity contribution >= 4 is 13.6 Å². The molecule has 0 aliphatic heterocycles. The molecule has 1 aromatic rings. The summed E-state index contributed by atoms with van der Waals surface area (Å²) in [6, 6.07) is 6.89. The molecule has 0 spiro atoms. The number of halogens is 2. The summed E-state index contributed by atoms with van der Waals surface area (Å²) in [5.41, 5.74) is 0. The molecule has 80 valence electrons. The first-order valence-electron chi connectivity index (χ1n) is 4.47. The summed E-state index contributed by atoms with van der Waals surface area (Å²) in [5.74, 6) is 0.102. The molecule has 1 rings (SSSR count). The normalized spacial score (nSPS) is 9.13. The third-order valence-electron chi connectivity index (χ3n) is 1.43. The predicted octanol–water partition coefficient (Wildman–Crippen LogP) is 2.88. The van der Waals surface area contributed by atoms with Gasteiger partial charge in [0.25, 0.3) is 0 Å². The van der Waals surface area contributed by atoms with Crippen LogP contribution in [0.5, 0.6) is 5.75 Å². The summed E-state index contributed by atoms with van der Waals surface area (Å²) in [6.07, 6.45) is 0. The molecule has 15 heavy (non-hydrogen) atoms. The van der Waals surface area contributed by atoms with Gasteiger partial charge in [-0.05, 0) is 6.92 Å². The molecular formula is C10H12BrFO2Zn. The van der Waals surface area contributed by atoms with Crippen LogP contribution in [-0.4, -0.2) is 19.8 Å². The number of hydrogen-bond donors (Lipinski definition) is 0. The standard InChI is InChI=1S/C10H12FO2.BrH.Zn/c1-2-12-6-7-13-10-5-3-4-9(11)8-10;;/h3-4,8H,2,6-7H2,1H3;1H;/q-1;;+2/p-1. The molecule has 0 heterocycles. The number of hydrogen-bond acceptors (Lipinski definition) is 2. The van der Waals surface area contributed by atoms with E-state index in [4.69, 9.17) is 9.47 Å². The van der Waals surface area contributed by atoms with E-state index in [1.54, 1.807) is 0 Å². The van der Waals surface area contributed by atoms with Crippen molar-refractivity contribution in [1.82, 2.24) is 0 Å². The van der Waals surface area contributed by atoms with E-state index >= 15 is 0 Å². The summed E-state index contributed by atoms with van der Waals surface area (Å²) in [4.78, 5) is 0. The summed E-state index contributed by atoms with van der Waals surface area (Å²) in [7, 11) is 0. The van der Waals surface area contributed by atoms with Crippen molar-refractivity contribution in [3.05, 3.63) is 30.1 Å². The van der Waals surface area contributed by atoms with Crippen LogP contribution < -0.4 is 4.74 Å². The Bertz CT molecular complexity index is 261. The van der Waals surface area contributed by atoms with Gasteiger partial charge in [-0.1, -0.05) is 6.07 Å². The van der Waals surface area contributed by atoms with Gasteiger partial charge in [-0.25, -0.2) is 4.39 Å². The molecule has 0 unspecified atom stereocenters. The fourth-order valence-electron chi connectivity index (χ4n) is 0.857. The molecule has 0 aromatic heterocycles. The molecule has 0 fully saturated rings. The van der Waals surface area contributed by atoms with Crippen LogP contribution >= 0.6 is 13.6 Å². The molecule has 0 aliphatic carbocycles. The Balaban J connectivity index is 0.000000921. The van der Waals surface area contributed by atoms with Gasteiger partial charge in [-0.3, -0.25) is 0 Å². The third kappa shape index (κ3) is 7.89. The maximum atomic E-state index is 12.6. The predicted molar refractivity (Wildman–Crippen MR) is 56.2 cm³/mol. The van der Waals surface area contributed by atoms with Crippen molar-refractivity contribution in [2.45, 2.75) is 6.92 Å². The van der Waals surface area contributed by atoms with E-state index in [0.717, 1.165) is 0 Å². The van der Waals surface area contributed by atoms with Gasteiger partial charge in [0.15, 0.2) is 0 Å². The third-order valence-corrected chi connectivity index (χ3v) is 1.43. The second-order valence-electron chi connectivity index (χ2n) is 2.42. The van der Waals surface area contributed by atoms with Crippen molar-refractivity contribution in [2.75, 3.05) is 19.8 Å². The molecular weight excluding hydrogens is 316 g/mol. The fourth-order valence-corrected chi connectivity index (χ4v) is 0.857. The maximum absolute atomic E-state index is 12.6. The topological polar surface area (TPSA) is 18.5 Å². The average molecular weight is 328 g/mol. The van der Waals surface area contributed by atoms with Crippen LogP contribution in [-0.2, 0) is 21.1 Å². The Kier molecular flexibility index (Phi) is 10.5. The first-order chi connectivity index (χ1) is 7.33. The average Bonchev–Trinajstić information content (AvgIpc) is 2.27. The fraction of sp³-hybridized carbons (Fsp3) is 0.400. The van der Waals surface area contributed by atoms with Gasteiger partial charge >= 0.3 is 30.0 Å². The van der Waals surface area contributed by atoms with Crippen molar-refractivity contribution in [1.29, 1.82) is 0 Å². The van der Waals surface area contributed by atoms with Gasteiger partial charge in [0.1, 0.15) is 6.61 Å². The molecule has 0 radical (unpaired) electrons. The molecule has 1 aromatic carbocycles. The van der Waals surface area contributed by atoms with E-state index in [2.05, 4.69) is 19.7 Å². The van der Waals surface area contributed by atoms with E-state index in [1.807, 2.05) is 6.92 Å². The van der Waals surface area contributed by atoms with Crippen molar-refractivity contribution in [2.24, 2.45) is 0 Å². The minimum atomic E-state index is -0.315. The monoisotopic (exact) mass is 326 g/mol. The van der Waals surface area contributed by atoms with Crippen LogP contribution in [0.4, 0.5) is 4.39 Å². The van der Waals surface area contributed by atoms with Crippen molar-refractivity contribution in [3.8, 4) is 5.75 Å². The van der Waals surface area contributed by atoms with E-state index in [9.17, 15) is 4.39 Å². The Morgan fingerprint density at radius 1 is 1.47 bits per heavy atom. The van der Waals surface area contributed by atoms with Gasteiger partial charge < -0.3 is 9.47 Å². The summed E-state index contributed by atoms with van der Waals surface area (Å²) in [6.45, 7) is 3.51. The van der Waals surface area contributed by atoms with Gasteiger partial charge in [-0.15, -0.1) is 12.1 Å². The number of rotatable bonds is 5. The van der Waals surface area contributed by atoms with Gasteiger partial charge in [0.2, 0.25) is 0 Å². The first kappa shape index (κ1) is 15.0. The second-order valence-corrected chi connectivity index (χ2v) is 2.42. The van der Waals surface area contributed by atoms with Crippen LogP contribution in [0.2, 0.25) is 0 Å². The molecule has 5 heteroatoms. The zero-order chi connectivity index (χ0) is 11.5. The Morgan fingerprint density at radius 2 is 2.20 bits per heavy atom. The molecule has 0 saturated carbocycles. The molecule has 0 aliphatic rings. The van der Waals surface area contributed by atoms with Gasteiger partial charge in [0, 0.05) is 18.2 Å². The first-order valence-corrected chi connectivity index (χ1v) is 11.4.